The van der Waals surface area contributed by atoms with Crippen LogP contribution < -0.4 is 0 Å². The van der Waals surface area contributed by atoms with Gasteiger partial charge in [-0.3, -0.25) is 0 Å². The highest BCUT2D eigenvalue weighted by Gasteiger charge is 1.96. The average Bonchev–Trinajstić information content (AvgIpc) is 2.37. The van der Waals surface area contributed by atoms with E-state index in [4.69, 9.17) is 4.43 Å². The van der Waals surface area contributed by atoms with Crippen molar-refractivity contribution in [2.45, 2.75) is 32.2 Å². The van der Waals surface area contributed by atoms with Crippen molar-refractivity contribution in [1.82, 2.24) is 0 Å². The molecule has 1 aliphatic rings. The highest BCUT2D eigenvalue weighted by molar-refractivity contribution is 6.27. The summed E-state index contributed by atoms with van der Waals surface area (Å²) in [6.45, 7) is 6.60. The zero-order valence-electron chi connectivity index (χ0n) is 10.6. The van der Waals surface area contributed by atoms with Gasteiger partial charge in [-0.2, -0.15) is 0 Å². The fourth-order valence-electron chi connectivity index (χ4n) is 1.70. The van der Waals surface area contributed by atoms with E-state index >= 15 is 0 Å². The predicted octanol–water partition coefficient (Wildman–Crippen LogP) is 2.73. The fourth-order valence-corrected chi connectivity index (χ4v) is 2.87. The minimum Gasteiger partial charge on any atom is -0.508 e. The molecule has 3 heteroatoms. The van der Waals surface area contributed by atoms with Gasteiger partial charge in [0.15, 0.2) is 9.76 Å². The summed E-state index contributed by atoms with van der Waals surface area (Å²) in [6, 6.07) is 7.01. The van der Waals surface area contributed by atoms with Crippen molar-refractivity contribution >= 4 is 9.76 Å². The summed E-state index contributed by atoms with van der Waals surface area (Å²) in [5.74, 6) is 0.359. The number of hydrogen-bond donors (Lipinski definition) is 1. The highest BCUT2D eigenvalue weighted by atomic mass is 28.2. The van der Waals surface area contributed by atoms with E-state index in [0.717, 1.165) is 18.6 Å². The van der Waals surface area contributed by atoms with Crippen molar-refractivity contribution in [1.29, 1.82) is 0 Å². The Labute approximate surface area is 106 Å². The van der Waals surface area contributed by atoms with Gasteiger partial charge in [0, 0.05) is 6.61 Å². The van der Waals surface area contributed by atoms with E-state index < -0.39 is 0 Å². The molecule has 0 bridgehead atoms. The van der Waals surface area contributed by atoms with Gasteiger partial charge >= 0.3 is 0 Å². The van der Waals surface area contributed by atoms with Crippen molar-refractivity contribution in [3.8, 4) is 5.75 Å². The lowest BCUT2D eigenvalue weighted by Gasteiger charge is -2.07. The predicted molar refractivity (Wildman–Crippen MR) is 75.3 cm³/mol. The van der Waals surface area contributed by atoms with E-state index in [1.807, 2.05) is 25.1 Å². The van der Waals surface area contributed by atoms with Gasteiger partial charge in [-0.1, -0.05) is 24.6 Å². The van der Waals surface area contributed by atoms with E-state index in [9.17, 15) is 5.11 Å². The third-order valence-corrected chi connectivity index (χ3v) is 4.08. The zero-order chi connectivity index (χ0) is 12.5. The molecule has 0 aliphatic carbocycles. The van der Waals surface area contributed by atoms with Gasteiger partial charge in [0.05, 0.1) is 0 Å². The first-order valence-corrected chi connectivity index (χ1v) is 7.79. The van der Waals surface area contributed by atoms with Crippen LogP contribution in [0.2, 0.25) is 6.04 Å². The first-order valence-electron chi connectivity index (χ1n) is 6.21. The van der Waals surface area contributed by atoms with Gasteiger partial charge in [0.25, 0.3) is 0 Å². The van der Waals surface area contributed by atoms with E-state index in [2.05, 4.69) is 6.58 Å². The Kier molecular flexibility index (Phi) is 6.66. The summed E-state index contributed by atoms with van der Waals surface area (Å²) in [4.78, 5) is 0. The Morgan fingerprint density at radius 2 is 2.29 bits per heavy atom. The lowest BCUT2D eigenvalue weighted by atomic mass is 10.1. The number of phenols is 1. The molecule has 1 fully saturated rings. The molecule has 0 amide bonds. The van der Waals surface area contributed by atoms with E-state index in [1.165, 1.54) is 24.4 Å². The molecule has 17 heavy (non-hydrogen) atoms. The van der Waals surface area contributed by atoms with Crippen molar-refractivity contribution in [3.63, 3.8) is 0 Å². The first-order chi connectivity index (χ1) is 8.24. The lowest BCUT2D eigenvalue weighted by Crippen LogP contribution is -2.06. The second kappa shape index (κ2) is 8.09. The largest absolute Gasteiger partial charge is 0.508 e. The van der Waals surface area contributed by atoms with Crippen molar-refractivity contribution in [2.24, 2.45) is 0 Å². The molecular weight excluding hydrogens is 228 g/mol. The van der Waals surface area contributed by atoms with Gasteiger partial charge in [-0.05, 0) is 43.0 Å². The lowest BCUT2D eigenvalue weighted by molar-refractivity contribution is 0.304. The molecule has 2 rings (SSSR count). The van der Waals surface area contributed by atoms with Gasteiger partial charge in [0.2, 0.25) is 0 Å². The molecule has 1 aliphatic heterocycles. The Hall–Kier alpha value is -1.06. The number of aryl methyl sites for hydroxylation is 1. The second-order valence-electron chi connectivity index (χ2n) is 4.29. The fraction of sp³-hybridized carbons (Fsp3) is 0.429. The third kappa shape index (κ3) is 5.70. The highest BCUT2D eigenvalue weighted by Crippen LogP contribution is 2.17. The molecule has 1 saturated heterocycles. The molecule has 2 nitrogen and oxygen atoms in total. The number of benzene rings is 1. The van der Waals surface area contributed by atoms with Gasteiger partial charge < -0.3 is 9.53 Å². The molecule has 0 unspecified atom stereocenters. The summed E-state index contributed by atoms with van der Waals surface area (Å²) in [7, 11) is 0.00849. The quantitative estimate of drug-likeness (QED) is 0.646. The molecule has 0 spiro atoms. The summed E-state index contributed by atoms with van der Waals surface area (Å²) in [6.07, 6.45) is 5.46. The smallest absolute Gasteiger partial charge is 0.161 e. The van der Waals surface area contributed by atoms with Crippen LogP contribution in [0.25, 0.3) is 0 Å². The third-order valence-electron chi connectivity index (χ3n) is 2.72. The van der Waals surface area contributed by atoms with Crippen LogP contribution >= 0.6 is 0 Å². The van der Waals surface area contributed by atoms with E-state index in [0.29, 0.717) is 5.75 Å². The SMILES string of the molecule is C1CC[SiH2]OC1.C=CCc1ccc(O)c(C)c1. The summed E-state index contributed by atoms with van der Waals surface area (Å²) in [5, 5.41) is 9.19. The van der Waals surface area contributed by atoms with Gasteiger partial charge in [-0.15, -0.1) is 6.58 Å². The molecular formula is C14H22O2Si. The summed E-state index contributed by atoms with van der Waals surface area (Å²) >= 11 is 0. The molecule has 0 radical (unpaired) electrons. The second-order valence-corrected chi connectivity index (χ2v) is 5.81. The normalized spacial score (nSPS) is 16.1. The number of rotatable bonds is 2. The Morgan fingerprint density at radius 3 is 2.71 bits per heavy atom. The first kappa shape index (κ1) is 14.0. The van der Waals surface area contributed by atoms with Crippen LogP contribution in [-0.4, -0.2) is 21.5 Å². The van der Waals surface area contributed by atoms with Gasteiger partial charge in [0.1, 0.15) is 5.75 Å². The zero-order valence-corrected chi connectivity index (χ0v) is 12.0. The molecule has 94 valence electrons. The van der Waals surface area contributed by atoms with Crippen molar-refractivity contribution in [3.05, 3.63) is 42.0 Å². The average molecular weight is 250 g/mol. The van der Waals surface area contributed by atoms with Crippen LogP contribution in [0.5, 0.6) is 5.75 Å². The topological polar surface area (TPSA) is 29.5 Å². The van der Waals surface area contributed by atoms with E-state index in [-0.39, 0.29) is 9.76 Å². The number of aromatic hydroxyl groups is 1. The Bertz CT molecular complexity index is 335. The molecule has 1 N–H and O–H groups in total. The monoisotopic (exact) mass is 250 g/mol. The molecule has 1 heterocycles. The number of hydrogen-bond acceptors (Lipinski definition) is 2. The summed E-state index contributed by atoms with van der Waals surface area (Å²) < 4.78 is 5.21. The molecule has 0 aromatic heterocycles. The van der Waals surface area contributed by atoms with Gasteiger partial charge in [-0.25, -0.2) is 0 Å². The van der Waals surface area contributed by atoms with Crippen LogP contribution in [0.4, 0.5) is 0 Å². The molecule has 0 atom stereocenters. The Balaban J connectivity index is 0.000000202. The summed E-state index contributed by atoms with van der Waals surface area (Å²) in [5.41, 5.74) is 2.11. The number of allylic oxidation sites excluding steroid dienone is 1. The molecule has 0 saturated carbocycles. The van der Waals surface area contributed by atoms with Crippen LogP contribution in [0.3, 0.4) is 0 Å². The van der Waals surface area contributed by atoms with Crippen LogP contribution in [0.15, 0.2) is 30.9 Å². The van der Waals surface area contributed by atoms with E-state index in [1.54, 1.807) is 6.07 Å². The van der Waals surface area contributed by atoms with Crippen LogP contribution in [0, 0.1) is 6.92 Å². The number of phenolic OH excluding ortho intramolecular Hbond substituents is 1. The van der Waals surface area contributed by atoms with Crippen LogP contribution in [-0.2, 0) is 10.8 Å². The maximum Gasteiger partial charge on any atom is 0.161 e. The minimum atomic E-state index is 0.00849. The van der Waals surface area contributed by atoms with Crippen LogP contribution in [0.1, 0.15) is 24.0 Å². The molecule has 1 aromatic carbocycles. The minimum absolute atomic E-state index is 0.00849. The van der Waals surface area contributed by atoms with Crippen molar-refractivity contribution in [2.75, 3.05) is 6.61 Å². The molecule has 1 aromatic rings. The maximum atomic E-state index is 9.19. The van der Waals surface area contributed by atoms with Crippen molar-refractivity contribution < 1.29 is 9.53 Å². The maximum absolute atomic E-state index is 9.19. The standard InChI is InChI=1S/C10H12O.C4H10OSi/c1-3-4-9-5-6-10(11)8(2)7-9;1-2-4-6-5-3-1/h3,5-7,11H,1,4H2,2H3;1-4,6H2. The Morgan fingerprint density at radius 1 is 1.47 bits per heavy atom.